The number of aryl methyl sites for hydroxylation is 2. The molecule has 0 fully saturated rings. The molecule has 2 aromatic heterocycles. The van der Waals surface area contributed by atoms with Crippen molar-refractivity contribution < 1.29 is 4.74 Å². The Balaban J connectivity index is 1.77. The van der Waals surface area contributed by atoms with Gasteiger partial charge in [0.15, 0.2) is 5.82 Å². The fraction of sp³-hybridized carbons (Fsp3) is 0.235. The zero-order valence-corrected chi connectivity index (χ0v) is 14.1. The summed E-state index contributed by atoms with van der Waals surface area (Å²) >= 11 is 1.67. The molecular weight excluding hydrogens is 308 g/mol. The van der Waals surface area contributed by atoms with Gasteiger partial charge in [0.1, 0.15) is 16.9 Å². The summed E-state index contributed by atoms with van der Waals surface area (Å²) in [5.74, 6) is 1.60. The van der Waals surface area contributed by atoms with E-state index in [-0.39, 0.29) is 0 Å². The van der Waals surface area contributed by atoms with Crippen molar-refractivity contribution in [2.75, 3.05) is 12.0 Å². The topological polar surface area (TPSA) is 59.4 Å². The Morgan fingerprint density at radius 3 is 2.74 bits per heavy atom. The molecule has 2 heterocycles. The van der Waals surface area contributed by atoms with Crippen LogP contribution in [0.15, 0.2) is 35.7 Å². The number of rotatable bonds is 5. The van der Waals surface area contributed by atoms with E-state index in [4.69, 9.17) is 4.74 Å². The Kier molecular flexibility index (Phi) is 4.52. The van der Waals surface area contributed by atoms with Gasteiger partial charge < -0.3 is 4.74 Å². The van der Waals surface area contributed by atoms with Gasteiger partial charge >= 0.3 is 0 Å². The highest BCUT2D eigenvalue weighted by atomic mass is 32.1. The van der Waals surface area contributed by atoms with Gasteiger partial charge in [-0.2, -0.15) is 5.10 Å². The van der Waals surface area contributed by atoms with Gasteiger partial charge in [-0.25, -0.2) is 9.97 Å². The maximum absolute atomic E-state index is 5.42. The van der Waals surface area contributed by atoms with Crippen LogP contribution in [0.4, 0.5) is 5.82 Å². The van der Waals surface area contributed by atoms with Crippen LogP contribution in [-0.4, -0.2) is 22.8 Å². The number of nitrogens with zero attached hydrogens (tertiary/aromatic N) is 3. The molecule has 118 valence electrons. The molecule has 23 heavy (non-hydrogen) atoms. The molecule has 0 saturated heterocycles. The molecule has 0 aliphatic rings. The molecule has 1 aromatic carbocycles. The van der Waals surface area contributed by atoms with Gasteiger partial charge in [0.05, 0.1) is 18.2 Å². The van der Waals surface area contributed by atoms with Crippen LogP contribution < -0.4 is 10.2 Å². The van der Waals surface area contributed by atoms with Gasteiger partial charge in [-0.05, 0) is 56.2 Å². The Hall–Kier alpha value is -2.47. The lowest BCUT2D eigenvalue weighted by Gasteiger charge is -2.03. The van der Waals surface area contributed by atoms with Crippen molar-refractivity contribution in [1.82, 2.24) is 9.97 Å². The number of thiophene rings is 1. The van der Waals surface area contributed by atoms with Crippen LogP contribution in [0.25, 0.3) is 10.2 Å². The minimum absolute atomic E-state index is 0.665. The largest absolute Gasteiger partial charge is 0.494 e. The first-order chi connectivity index (χ1) is 11.2. The fourth-order valence-electron chi connectivity index (χ4n) is 2.25. The van der Waals surface area contributed by atoms with Crippen molar-refractivity contribution in [3.8, 4) is 5.75 Å². The van der Waals surface area contributed by atoms with Crippen LogP contribution in [0, 0.1) is 13.8 Å². The fourth-order valence-corrected chi connectivity index (χ4v) is 3.25. The first-order valence-corrected chi connectivity index (χ1v) is 8.23. The maximum atomic E-state index is 5.42. The van der Waals surface area contributed by atoms with E-state index < -0.39 is 0 Å². The Morgan fingerprint density at radius 2 is 2.00 bits per heavy atom. The number of hydrogen-bond acceptors (Lipinski definition) is 6. The third-order valence-corrected chi connectivity index (χ3v) is 4.66. The van der Waals surface area contributed by atoms with Gasteiger partial charge in [0, 0.05) is 4.88 Å². The Morgan fingerprint density at radius 1 is 1.22 bits per heavy atom. The highest BCUT2D eigenvalue weighted by molar-refractivity contribution is 7.18. The minimum Gasteiger partial charge on any atom is -0.494 e. The normalized spacial score (nSPS) is 11.3. The predicted octanol–water partition coefficient (Wildman–Crippen LogP) is 4.15. The second-order valence-corrected chi connectivity index (χ2v) is 6.26. The van der Waals surface area contributed by atoms with Gasteiger partial charge in [-0.15, -0.1) is 11.3 Å². The molecule has 0 atom stereocenters. The molecule has 0 saturated carbocycles. The van der Waals surface area contributed by atoms with Crippen LogP contribution in [0.5, 0.6) is 5.75 Å². The standard InChI is InChI=1S/C17H18N4OS/c1-4-22-14-7-5-13(6-8-14)9-20-21-16-15-11(2)12(3)23-17(15)19-10-18-16/h5-10H,4H2,1-3H3,(H,18,19,21). The summed E-state index contributed by atoms with van der Waals surface area (Å²) < 4.78 is 5.42. The van der Waals surface area contributed by atoms with Crippen LogP contribution in [0.1, 0.15) is 22.9 Å². The van der Waals surface area contributed by atoms with Crippen molar-refractivity contribution in [3.63, 3.8) is 0 Å². The summed E-state index contributed by atoms with van der Waals surface area (Å²) in [5, 5.41) is 5.33. The van der Waals surface area contributed by atoms with Crippen molar-refractivity contribution >= 4 is 33.6 Å². The van der Waals surface area contributed by atoms with Crippen molar-refractivity contribution in [2.45, 2.75) is 20.8 Å². The molecule has 5 nitrogen and oxygen atoms in total. The third-order valence-electron chi connectivity index (χ3n) is 3.54. The summed E-state index contributed by atoms with van der Waals surface area (Å²) in [4.78, 5) is 10.8. The summed E-state index contributed by atoms with van der Waals surface area (Å²) in [6.45, 7) is 6.81. The van der Waals surface area contributed by atoms with E-state index in [1.165, 1.54) is 10.4 Å². The lowest BCUT2D eigenvalue weighted by atomic mass is 10.2. The highest BCUT2D eigenvalue weighted by Gasteiger charge is 2.11. The van der Waals surface area contributed by atoms with E-state index >= 15 is 0 Å². The second-order valence-electron chi connectivity index (χ2n) is 5.06. The molecule has 0 bridgehead atoms. The molecule has 0 amide bonds. The average Bonchev–Trinajstić information content (AvgIpc) is 2.85. The van der Waals surface area contributed by atoms with Gasteiger partial charge in [0.2, 0.25) is 0 Å². The van der Waals surface area contributed by atoms with Crippen LogP contribution in [-0.2, 0) is 0 Å². The third kappa shape index (κ3) is 3.32. The van der Waals surface area contributed by atoms with Crippen molar-refractivity contribution in [3.05, 3.63) is 46.6 Å². The number of benzene rings is 1. The first-order valence-electron chi connectivity index (χ1n) is 7.41. The smallest absolute Gasteiger partial charge is 0.158 e. The monoisotopic (exact) mass is 326 g/mol. The number of anilines is 1. The molecule has 0 unspecified atom stereocenters. The molecule has 0 radical (unpaired) electrons. The number of aromatic nitrogens is 2. The van der Waals surface area contributed by atoms with Gasteiger partial charge in [-0.1, -0.05) is 0 Å². The van der Waals surface area contributed by atoms with E-state index in [0.717, 1.165) is 27.3 Å². The number of hydrogen-bond donors (Lipinski definition) is 1. The maximum Gasteiger partial charge on any atom is 0.158 e. The number of hydrazone groups is 1. The zero-order chi connectivity index (χ0) is 16.2. The van der Waals surface area contributed by atoms with Gasteiger partial charge in [0.25, 0.3) is 0 Å². The summed E-state index contributed by atoms with van der Waals surface area (Å²) in [6.07, 6.45) is 3.32. The van der Waals surface area contributed by atoms with Gasteiger partial charge in [-0.3, -0.25) is 5.43 Å². The Labute approximate surface area is 139 Å². The molecule has 3 aromatic rings. The molecule has 6 heteroatoms. The quantitative estimate of drug-likeness (QED) is 0.565. The van der Waals surface area contributed by atoms with E-state index in [1.807, 2.05) is 31.2 Å². The number of ether oxygens (including phenoxy) is 1. The van der Waals surface area contributed by atoms with E-state index in [9.17, 15) is 0 Å². The predicted molar refractivity (Wildman–Crippen MR) is 95.7 cm³/mol. The minimum atomic E-state index is 0.665. The summed E-state index contributed by atoms with van der Waals surface area (Å²) in [6, 6.07) is 7.79. The molecule has 0 aliphatic heterocycles. The van der Waals surface area contributed by atoms with Crippen LogP contribution >= 0.6 is 11.3 Å². The van der Waals surface area contributed by atoms with Crippen LogP contribution in [0.2, 0.25) is 0 Å². The lowest BCUT2D eigenvalue weighted by Crippen LogP contribution is -1.96. The first kappa shape index (κ1) is 15.4. The molecule has 3 rings (SSSR count). The highest BCUT2D eigenvalue weighted by Crippen LogP contribution is 2.32. The SMILES string of the molecule is CCOc1ccc(C=NNc2ncnc3sc(C)c(C)c23)cc1. The Bertz CT molecular complexity index is 840. The van der Waals surface area contributed by atoms with E-state index in [2.05, 4.69) is 34.3 Å². The summed E-state index contributed by atoms with van der Waals surface area (Å²) in [7, 11) is 0. The number of fused-ring (bicyclic) bond motifs is 1. The van der Waals surface area contributed by atoms with Crippen molar-refractivity contribution in [1.29, 1.82) is 0 Å². The molecular formula is C17H18N4OS. The number of nitrogens with one attached hydrogen (secondary N) is 1. The lowest BCUT2D eigenvalue weighted by molar-refractivity contribution is 0.340. The summed E-state index contributed by atoms with van der Waals surface area (Å²) in [5.41, 5.74) is 5.21. The van der Waals surface area contributed by atoms with E-state index in [1.54, 1.807) is 23.9 Å². The molecule has 0 spiro atoms. The molecule has 1 N–H and O–H groups in total. The van der Waals surface area contributed by atoms with Crippen molar-refractivity contribution in [2.24, 2.45) is 5.10 Å². The van der Waals surface area contributed by atoms with E-state index in [0.29, 0.717) is 6.61 Å². The average molecular weight is 326 g/mol. The molecule has 0 aliphatic carbocycles. The zero-order valence-electron chi connectivity index (χ0n) is 13.3. The second kappa shape index (κ2) is 6.75. The van der Waals surface area contributed by atoms with Crippen LogP contribution in [0.3, 0.4) is 0 Å².